The molecule has 4 nitrogen and oxygen atoms in total. The van der Waals surface area contributed by atoms with Crippen LogP contribution in [0.2, 0.25) is 0 Å². The van der Waals surface area contributed by atoms with Crippen LogP contribution in [0.3, 0.4) is 0 Å². The van der Waals surface area contributed by atoms with Gasteiger partial charge < -0.3 is 16.0 Å². The van der Waals surface area contributed by atoms with Crippen LogP contribution in [0.4, 0.5) is 5.69 Å². The first-order chi connectivity index (χ1) is 9.97. The van der Waals surface area contributed by atoms with E-state index in [-0.39, 0.29) is 5.91 Å². The Hall–Kier alpha value is -1.62. The minimum Gasteiger partial charge on any atom is -0.389 e. The molecule has 114 valence electrons. The van der Waals surface area contributed by atoms with E-state index >= 15 is 0 Å². The number of amides is 1. The first-order valence-corrected chi connectivity index (χ1v) is 7.78. The van der Waals surface area contributed by atoms with Gasteiger partial charge in [-0.15, -0.1) is 0 Å². The fourth-order valence-corrected chi connectivity index (χ4v) is 2.95. The summed E-state index contributed by atoms with van der Waals surface area (Å²) in [6.45, 7) is 6.37. The number of nitrogens with one attached hydrogen (secondary N) is 1. The van der Waals surface area contributed by atoms with Gasteiger partial charge in [0.05, 0.1) is 0 Å². The van der Waals surface area contributed by atoms with Crippen LogP contribution in [0, 0.1) is 12.8 Å². The van der Waals surface area contributed by atoms with Crippen LogP contribution < -0.4 is 16.0 Å². The van der Waals surface area contributed by atoms with Gasteiger partial charge in [-0.05, 0) is 43.4 Å². The molecule has 0 bridgehead atoms. The van der Waals surface area contributed by atoms with Crippen molar-refractivity contribution in [3.63, 3.8) is 0 Å². The zero-order valence-corrected chi connectivity index (χ0v) is 13.5. The first-order valence-electron chi connectivity index (χ1n) is 7.37. The molecule has 3 N–H and O–H groups in total. The van der Waals surface area contributed by atoms with E-state index in [1.54, 1.807) is 6.92 Å². The lowest BCUT2D eigenvalue weighted by Gasteiger charge is -2.35. The second-order valence-corrected chi connectivity index (χ2v) is 6.19. The Balaban J connectivity index is 2.03. The molecule has 1 aromatic carbocycles. The molecular formula is C16H23N3OS. The fraction of sp³-hybridized carbons (Fsp3) is 0.500. The van der Waals surface area contributed by atoms with Crippen LogP contribution in [-0.2, 0) is 4.79 Å². The van der Waals surface area contributed by atoms with Gasteiger partial charge >= 0.3 is 0 Å². The molecule has 5 heteroatoms. The quantitative estimate of drug-likeness (QED) is 0.835. The van der Waals surface area contributed by atoms with Crippen LogP contribution in [-0.4, -0.2) is 30.5 Å². The lowest BCUT2D eigenvalue weighted by atomic mass is 9.95. The van der Waals surface area contributed by atoms with Gasteiger partial charge in [-0.3, -0.25) is 4.79 Å². The lowest BCUT2D eigenvalue weighted by molar-refractivity contribution is -0.119. The van der Waals surface area contributed by atoms with Crippen molar-refractivity contribution in [1.29, 1.82) is 0 Å². The molecule has 1 amide bonds. The van der Waals surface area contributed by atoms with E-state index in [9.17, 15) is 4.79 Å². The highest BCUT2D eigenvalue weighted by atomic mass is 32.1. The lowest BCUT2D eigenvalue weighted by Crippen LogP contribution is -2.39. The van der Waals surface area contributed by atoms with Crippen molar-refractivity contribution in [2.45, 2.75) is 26.7 Å². The van der Waals surface area contributed by atoms with E-state index < -0.39 is 0 Å². The fourth-order valence-electron chi connectivity index (χ4n) is 2.78. The highest BCUT2D eigenvalue weighted by Gasteiger charge is 2.21. The summed E-state index contributed by atoms with van der Waals surface area (Å²) in [6, 6.07) is 6.21. The number of carbonyl (C=O) groups excluding carboxylic acids is 1. The molecule has 1 fully saturated rings. The number of thiocarbonyl (C=S) groups is 1. The Morgan fingerprint density at radius 3 is 2.67 bits per heavy atom. The minimum absolute atomic E-state index is 0.0480. The number of hydrogen-bond acceptors (Lipinski definition) is 3. The van der Waals surface area contributed by atoms with Gasteiger partial charge in [0.25, 0.3) is 0 Å². The Kier molecular flexibility index (Phi) is 5.17. The summed E-state index contributed by atoms with van der Waals surface area (Å²) in [7, 11) is 0. The van der Waals surface area contributed by atoms with Gasteiger partial charge in [0.2, 0.25) is 5.91 Å². The van der Waals surface area contributed by atoms with Crippen LogP contribution in [0.25, 0.3) is 0 Å². The van der Waals surface area contributed by atoms with Crippen LogP contribution in [0.15, 0.2) is 18.2 Å². The zero-order valence-electron chi connectivity index (χ0n) is 12.7. The summed E-state index contributed by atoms with van der Waals surface area (Å²) in [6.07, 6.45) is 2.15. The summed E-state index contributed by atoms with van der Waals surface area (Å²) < 4.78 is 0. The van der Waals surface area contributed by atoms with Crippen molar-refractivity contribution in [2.75, 3.05) is 24.5 Å². The molecule has 1 aromatic rings. The molecule has 0 spiro atoms. The number of rotatable bonds is 4. The monoisotopic (exact) mass is 305 g/mol. The third-order valence-corrected chi connectivity index (χ3v) is 4.23. The van der Waals surface area contributed by atoms with E-state index in [2.05, 4.69) is 23.2 Å². The topological polar surface area (TPSA) is 58.4 Å². The molecule has 0 aromatic heterocycles. The largest absolute Gasteiger partial charge is 0.389 e. The molecular weight excluding hydrogens is 282 g/mol. The predicted molar refractivity (Wildman–Crippen MR) is 90.7 cm³/mol. The van der Waals surface area contributed by atoms with Crippen molar-refractivity contribution in [1.82, 2.24) is 5.32 Å². The first kappa shape index (κ1) is 15.8. The van der Waals surface area contributed by atoms with E-state index in [1.807, 2.05) is 12.1 Å². The summed E-state index contributed by atoms with van der Waals surface area (Å²) in [4.78, 5) is 13.8. The van der Waals surface area contributed by atoms with E-state index in [0.29, 0.717) is 10.9 Å². The average molecular weight is 305 g/mol. The van der Waals surface area contributed by atoms with Gasteiger partial charge in [0.15, 0.2) is 0 Å². The number of aryl methyl sites for hydroxylation is 1. The standard InChI is InChI=1S/C16H23N3OS/c1-11-3-4-14(16(17)21)15(9-11)19-7-5-13(6-8-19)10-18-12(2)20/h3-4,9,13H,5-8,10H2,1-2H3,(H2,17,21)(H,18,20). The summed E-state index contributed by atoms with van der Waals surface area (Å²) in [5.74, 6) is 0.607. The summed E-state index contributed by atoms with van der Waals surface area (Å²) >= 11 is 5.16. The molecule has 1 aliphatic heterocycles. The Morgan fingerprint density at radius 1 is 1.43 bits per heavy atom. The SMILES string of the molecule is CC(=O)NCC1CCN(c2cc(C)ccc2C(N)=S)CC1. The van der Waals surface area contributed by atoms with E-state index in [1.165, 1.54) is 5.56 Å². The number of benzene rings is 1. The maximum atomic E-state index is 11.0. The number of anilines is 1. The average Bonchev–Trinajstić information content (AvgIpc) is 2.45. The molecule has 0 atom stereocenters. The number of nitrogens with two attached hydrogens (primary N) is 1. The maximum Gasteiger partial charge on any atom is 0.216 e. The second kappa shape index (κ2) is 6.89. The molecule has 0 radical (unpaired) electrons. The zero-order chi connectivity index (χ0) is 15.4. The third kappa shape index (κ3) is 4.17. The molecule has 2 rings (SSSR count). The van der Waals surface area contributed by atoms with Crippen LogP contribution >= 0.6 is 12.2 Å². The van der Waals surface area contributed by atoms with Crippen molar-refractivity contribution >= 4 is 28.8 Å². The minimum atomic E-state index is 0.0480. The highest BCUT2D eigenvalue weighted by molar-refractivity contribution is 7.80. The Morgan fingerprint density at radius 2 is 2.10 bits per heavy atom. The molecule has 21 heavy (non-hydrogen) atoms. The number of hydrogen-bond donors (Lipinski definition) is 2. The normalized spacial score (nSPS) is 15.8. The van der Waals surface area contributed by atoms with Crippen molar-refractivity contribution in [3.8, 4) is 0 Å². The number of carbonyl (C=O) groups is 1. The van der Waals surface area contributed by atoms with Gasteiger partial charge in [0, 0.05) is 37.8 Å². The van der Waals surface area contributed by atoms with Crippen LogP contribution in [0.1, 0.15) is 30.9 Å². The van der Waals surface area contributed by atoms with Crippen molar-refractivity contribution < 1.29 is 4.79 Å². The number of piperidine rings is 1. The highest BCUT2D eigenvalue weighted by Crippen LogP contribution is 2.27. The molecule has 1 aliphatic rings. The van der Waals surface area contributed by atoms with Gasteiger partial charge in [0.1, 0.15) is 4.99 Å². The number of nitrogens with zero attached hydrogens (tertiary/aromatic N) is 1. The Labute approximate surface area is 131 Å². The third-order valence-electron chi connectivity index (χ3n) is 4.01. The van der Waals surface area contributed by atoms with Gasteiger partial charge in [-0.1, -0.05) is 18.3 Å². The molecule has 1 heterocycles. The smallest absolute Gasteiger partial charge is 0.216 e. The van der Waals surface area contributed by atoms with Crippen molar-refractivity contribution in [3.05, 3.63) is 29.3 Å². The Bertz CT molecular complexity index is 536. The molecule has 0 unspecified atom stereocenters. The predicted octanol–water partition coefficient (Wildman–Crippen LogP) is 1.98. The maximum absolute atomic E-state index is 11.0. The van der Waals surface area contributed by atoms with Crippen molar-refractivity contribution in [2.24, 2.45) is 11.7 Å². The summed E-state index contributed by atoms with van der Waals surface area (Å²) in [5.41, 5.74) is 9.14. The van der Waals surface area contributed by atoms with E-state index in [0.717, 1.165) is 43.7 Å². The van der Waals surface area contributed by atoms with Gasteiger partial charge in [-0.2, -0.15) is 0 Å². The summed E-state index contributed by atoms with van der Waals surface area (Å²) in [5, 5.41) is 2.91. The second-order valence-electron chi connectivity index (χ2n) is 5.75. The molecule has 0 aliphatic carbocycles. The van der Waals surface area contributed by atoms with Gasteiger partial charge in [-0.25, -0.2) is 0 Å². The van der Waals surface area contributed by atoms with E-state index in [4.69, 9.17) is 18.0 Å². The molecule has 0 saturated carbocycles. The van der Waals surface area contributed by atoms with Crippen LogP contribution in [0.5, 0.6) is 0 Å². The molecule has 1 saturated heterocycles.